The molecule has 0 aliphatic carbocycles. The average Bonchev–Trinajstić information content (AvgIpc) is 2.58. The van der Waals surface area contributed by atoms with E-state index in [4.69, 9.17) is 4.74 Å². The third-order valence-electron chi connectivity index (χ3n) is 4.33. The van der Waals surface area contributed by atoms with Gasteiger partial charge in [-0.3, -0.25) is 0 Å². The SMILES string of the molecule is Cc1ccc(OCC(O)CNC(C)c2ccccc2)c(C(C)(C)C)c1. The van der Waals surface area contributed by atoms with Crippen molar-refractivity contribution in [3.05, 3.63) is 65.2 Å². The van der Waals surface area contributed by atoms with Gasteiger partial charge in [-0.2, -0.15) is 0 Å². The molecule has 2 aromatic carbocycles. The Kier molecular flexibility index (Phi) is 6.63. The minimum Gasteiger partial charge on any atom is -0.491 e. The quantitative estimate of drug-likeness (QED) is 0.785. The summed E-state index contributed by atoms with van der Waals surface area (Å²) in [5, 5.41) is 13.6. The molecule has 2 atom stereocenters. The molecule has 2 unspecified atom stereocenters. The van der Waals surface area contributed by atoms with E-state index >= 15 is 0 Å². The van der Waals surface area contributed by atoms with Crippen LogP contribution in [0.5, 0.6) is 5.75 Å². The molecule has 0 radical (unpaired) electrons. The topological polar surface area (TPSA) is 41.5 Å². The van der Waals surface area contributed by atoms with Gasteiger partial charge < -0.3 is 15.2 Å². The van der Waals surface area contributed by atoms with Gasteiger partial charge >= 0.3 is 0 Å². The molecule has 2 aromatic rings. The minimum absolute atomic E-state index is 0.00633. The molecule has 3 heteroatoms. The van der Waals surface area contributed by atoms with Crippen LogP contribution >= 0.6 is 0 Å². The molecule has 0 spiro atoms. The van der Waals surface area contributed by atoms with E-state index in [9.17, 15) is 5.11 Å². The van der Waals surface area contributed by atoms with Crippen molar-refractivity contribution in [1.82, 2.24) is 5.32 Å². The monoisotopic (exact) mass is 341 g/mol. The molecule has 0 saturated carbocycles. The molecule has 0 aliphatic rings. The van der Waals surface area contributed by atoms with Gasteiger partial charge in [-0.1, -0.05) is 68.8 Å². The van der Waals surface area contributed by atoms with Crippen LogP contribution in [0.1, 0.15) is 50.4 Å². The largest absolute Gasteiger partial charge is 0.491 e. The predicted molar refractivity (Wildman–Crippen MR) is 104 cm³/mol. The highest BCUT2D eigenvalue weighted by atomic mass is 16.5. The first kappa shape index (κ1) is 19.5. The number of hydrogen-bond donors (Lipinski definition) is 2. The first-order valence-electron chi connectivity index (χ1n) is 8.97. The van der Waals surface area contributed by atoms with Crippen molar-refractivity contribution in [2.75, 3.05) is 13.2 Å². The zero-order valence-corrected chi connectivity index (χ0v) is 16.0. The van der Waals surface area contributed by atoms with E-state index < -0.39 is 6.10 Å². The highest BCUT2D eigenvalue weighted by Gasteiger charge is 2.20. The Labute approximate surface area is 152 Å². The molecule has 25 heavy (non-hydrogen) atoms. The Morgan fingerprint density at radius 1 is 1.08 bits per heavy atom. The first-order valence-corrected chi connectivity index (χ1v) is 8.97. The Morgan fingerprint density at radius 3 is 2.40 bits per heavy atom. The van der Waals surface area contributed by atoms with Gasteiger partial charge in [0.2, 0.25) is 0 Å². The lowest BCUT2D eigenvalue weighted by molar-refractivity contribution is 0.103. The van der Waals surface area contributed by atoms with E-state index in [1.165, 1.54) is 16.7 Å². The standard InChI is InChI=1S/C22H31NO2/c1-16-11-12-21(20(13-16)22(3,4)5)25-15-19(24)14-23-17(2)18-9-7-6-8-10-18/h6-13,17,19,23-24H,14-15H2,1-5H3. The maximum absolute atomic E-state index is 10.3. The summed E-state index contributed by atoms with van der Waals surface area (Å²) in [5.41, 5.74) is 3.61. The van der Waals surface area contributed by atoms with E-state index in [0.717, 1.165) is 5.75 Å². The molecule has 0 fully saturated rings. The lowest BCUT2D eigenvalue weighted by atomic mass is 9.85. The predicted octanol–water partition coefficient (Wildman–Crippen LogP) is 4.38. The number of benzene rings is 2. The first-order chi connectivity index (χ1) is 11.8. The molecule has 136 valence electrons. The number of hydrogen-bond acceptors (Lipinski definition) is 3. The van der Waals surface area contributed by atoms with Gasteiger partial charge in [0.25, 0.3) is 0 Å². The maximum Gasteiger partial charge on any atom is 0.123 e. The van der Waals surface area contributed by atoms with Crippen LogP contribution in [0, 0.1) is 6.92 Å². The van der Waals surface area contributed by atoms with E-state index in [-0.39, 0.29) is 18.1 Å². The van der Waals surface area contributed by atoms with Crippen LogP contribution in [0.4, 0.5) is 0 Å². The summed E-state index contributed by atoms with van der Waals surface area (Å²) < 4.78 is 5.93. The van der Waals surface area contributed by atoms with Crippen LogP contribution in [0.25, 0.3) is 0 Å². The van der Waals surface area contributed by atoms with Crippen molar-refractivity contribution in [1.29, 1.82) is 0 Å². The highest BCUT2D eigenvalue weighted by molar-refractivity contribution is 5.41. The molecule has 0 aromatic heterocycles. The van der Waals surface area contributed by atoms with Crippen molar-refractivity contribution in [2.24, 2.45) is 0 Å². The van der Waals surface area contributed by atoms with Gasteiger partial charge in [-0.25, -0.2) is 0 Å². The summed E-state index contributed by atoms with van der Waals surface area (Å²) in [4.78, 5) is 0. The zero-order chi connectivity index (χ0) is 18.4. The maximum atomic E-state index is 10.3. The molecule has 2 N–H and O–H groups in total. The van der Waals surface area contributed by atoms with Crippen molar-refractivity contribution < 1.29 is 9.84 Å². The summed E-state index contributed by atoms with van der Waals surface area (Å²) in [6, 6.07) is 16.6. The minimum atomic E-state index is -0.555. The summed E-state index contributed by atoms with van der Waals surface area (Å²) >= 11 is 0. The molecule has 0 aliphatic heterocycles. The summed E-state index contributed by atoms with van der Waals surface area (Å²) in [5.74, 6) is 0.855. The van der Waals surface area contributed by atoms with Crippen molar-refractivity contribution in [2.45, 2.75) is 52.2 Å². The lowest BCUT2D eigenvalue weighted by Crippen LogP contribution is -2.33. The average molecular weight is 341 g/mol. The third-order valence-corrected chi connectivity index (χ3v) is 4.33. The second kappa shape index (κ2) is 8.50. The van der Waals surface area contributed by atoms with E-state index in [0.29, 0.717) is 6.54 Å². The Morgan fingerprint density at radius 2 is 1.76 bits per heavy atom. The van der Waals surface area contributed by atoms with Crippen LogP contribution in [0.2, 0.25) is 0 Å². The number of aryl methyl sites for hydroxylation is 1. The molecule has 2 rings (SSSR count). The normalized spacial score (nSPS) is 14.2. The summed E-state index contributed by atoms with van der Waals surface area (Å²) in [7, 11) is 0. The summed E-state index contributed by atoms with van der Waals surface area (Å²) in [6.07, 6.45) is -0.555. The van der Waals surface area contributed by atoms with Crippen LogP contribution < -0.4 is 10.1 Å². The van der Waals surface area contributed by atoms with Gasteiger partial charge in [0.05, 0.1) is 0 Å². The smallest absolute Gasteiger partial charge is 0.123 e. The molecule has 0 heterocycles. The Hall–Kier alpha value is -1.84. The third kappa shape index (κ3) is 5.87. The number of rotatable bonds is 7. The molecular formula is C22H31NO2. The molecule has 0 bridgehead atoms. The van der Waals surface area contributed by atoms with Crippen molar-refractivity contribution in [3.8, 4) is 5.75 Å². The van der Waals surface area contributed by atoms with Crippen LogP contribution in [0.3, 0.4) is 0 Å². The fourth-order valence-corrected chi connectivity index (χ4v) is 2.77. The van der Waals surface area contributed by atoms with Gasteiger partial charge in [-0.15, -0.1) is 0 Å². The Balaban J connectivity index is 1.89. The molecular weight excluding hydrogens is 310 g/mol. The van der Waals surface area contributed by atoms with E-state index in [1.54, 1.807) is 0 Å². The van der Waals surface area contributed by atoms with Gasteiger partial charge in [0.1, 0.15) is 18.5 Å². The zero-order valence-electron chi connectivity index (χ0n) is 16.0. The number of ether oxygens (including phenoxy) is 1. The summed E-state index contributed by atoms with van der Waals surface area (Å²) in [6.45, 7) is 11.5. The van der Waals surface area contributed by atoms with Crippen molar-refractivity contribution >= 4 is 0 Å². The van der Waals surface area contributed by atoms with E-state index in [1.807, 2.05) is 30.3 Å². The van der Waals surface area contributed by atoms with Gasteiger partial charge in [0, 0.05) is 12.6 Å². The van der Waals surface area contributed by atoms with Crippen LogP contribution in [0.15, 0.2) is 48.5 Å². The number of nitrogens with one attached hydrogen (secondary N) is 1. The second-order valence-corrected chi connectivity index (χ2v) is 7.76. The second-order valence-electron chi connectivity index (χ2n) is 7.76. The number of aliphatic hydroxyl groups excluding tert-OH is 1. The highest BCUT2D eigenvalue weighted by Crippen LogP contribution is 2.32. The number of aliphatic hydroxyl groups is 1. The van der Waals surface area contributed by atoms with Crippen molar-refractivity contribution in [3.63, 3.8) is 0 Å². The fourth-order valence-electron chi connectivity index (χ4n) is 2.77. The fraction of sp³-hybridized carbons (Fsp3) is 0.455. The van der Waals surface area contributed by atoms with E-state index in [2.05, 4.69) is 58.1 Å². The molecule has 0 amide bonds. The lowest BCUT2D eigenvalue weighted by Gasteiger charge is -2.24. The molecule has 0 saturated heterocycles. The van der Waals surface area contributed by atoms with Crippen LogP contribution in [-0.4, -0.2) is 24.4 Å². The van der Waals surface area contributed by atoms with Gasteiger partial charge in [-0.05, 0) is 36.5 Å². The molecule has 3 nitrogen and oxygen atoms in total. The van der Waals surface area contributed by atoms with Crippen LogP contribution in [-0.2, 0) is 5.41 Å². The Bertz CT molecular complexity index is 661. The van der Waals surface area contributed by atoms with Gasteiger partial charge in [0.15, 0.2) is 0 Å².